The van der Waals surface area contributed by atoms with Crippen molar-refractivity contribution in [1.82, 2.24) is 9.88 Å². The molecular weight excluding hydrogens is 310 g/mol. The van der Waals surface area contributed by atoms with Gasteiger partial charge in [-0.3, -0.25) is 0 Å². The van der Waals surface area contributed by atoms with Crippen LogP contribution in [0.1, 0.15) is 6.42 Å². The van der Waals surface area contributed by atoms with E-state index in [9.17, 15) is 0 Å². The molecule has 1 aromatic heterocycles. The number of nitrogens with zero attached hydrogens (tertiary/aromatic N) is 2. The highest BCUT2D eigenvalue weighted by Crippen LogP contribution is 2.28. The van der Waals surface area contributed by atoms with E-state index in [-0.39, 0.29) is 0 Å². The van der Waals surface area contributed by atoms with Crippen LogP contribution in [0, 0.1) is 5.92 Å². The van der Waals surface area contributed by atoms with E-state index in [2.05, 4.69) is 56.4 Å². The molecule has 0 amide bonds. The average molecular weight is 326 g/mol. The number of anilines is 1. The lowest BCUT2D eigenvalue weighted by Gasteiger charge is -2.10. The van der Waals surface area contributed by atoms with Gasteiger partial charge in [-0.15, -0.1) is 0 Å². The Hall–Kier alpha value is -0.650. The molecule has 0 aliphatic carbocycles. The zero-order valence-electron chi connectivity index (χ0n) is 10.3. The standard InChI is InChI=1S/C13H16BrN3S/c1-17-5-4-9(8-17)7-15-13-16-11-6-10(14)2-3-12(11)18-13/h2-3,6,9H,4-5,7-8H2,1H3,(H,15,16). The third-order valence-electron chi connectivity index (χ3n) is 3.38. The molecule has 3 rings (SSSR count). The van der Waals surface area contributed by atoms with Gasteiger partial charge in [-0.2, -0.15) is 0 Å². The third-order valence-corrected chi connectivity index (χ3v) is 4.87. The number of hydrogen-bond acceptors (Lipinski definition) is 4. The summed E-state index contributed by atoms with van der Waals surface area (Å²) >= 11 is 5.21. The molecule has 0 spiro atoms. The van der Waals surface area contributed by atoms with Gasteiger partial charge in [-0.25, -0.2) is 4.98 Å². The maximum atomic E-state index is 4.62. The fourth-order valence-corrected chi connectivity index (χ4v) is 3.60. The number of likely N-dealkylation sites (tertiary alicyclic amines) is 1. The summed E-state index contributed by atoms with van der Waals surface area (Å²) in [6, 6.07) is 6.25. The molecule has 0 radical (unpaired) electrons. The molecule has 1 unspecified atom stereocenters. The minimum Gasteiger partial charge on any atom is -0.361 e. The molecule has 1 fully saturated rings. The van der Waals surface area contributed by atoms with E-state index < -0.39 is 0 Å². The first-order valence-electron chi connectivity index (χ1n) is 6.19. The Morgan fingerprint density at radius 3 is 3.22 bits per heavy atom. The van der Waals surface area contributed by atoms with Gasteiger partial charge in [-0.1, -0.05) is 27.3 Å². The summed E-state index contributed by atoms with van der Waals surface area (Å²) in [5.41, 5.74) is 1.07. The van der Waals surface area contributed by atoms with Crippen molar-refractivity contribution < 1.29 is 0 Å². The number of thiazole rings is 1. The summed E-state index contributed by atoms with van der Waals surface area (Å²) < 4.78 is 2.33. The van der Waals surface area contributed by atoms with E-state index in [1.807, 2.05) is 0 Å². The predicted octanol–water partition coefficient (Wildman–Crippen LogP) is 3.42. The van der Waals surface area contributed by atoms with Crippen molar-refractivity contribution in [3.63, 3.8) is 0 Å². The Kier molecular flexibility index (Phi) is 3.54. The van der Waals surface area contributed by atoms with E-state index in [0.29, 0.717) is 0 Å². The molecule has 2 aromatic rings. The van der Waals surface area contributed by atoms with E-state index in [1.54, 1.807) is 11.3 Å². The molecular formula is C13H16BrN3S. The molecule has 18 heavy (non-hydrogen) atoms. The highest BCUT2D eigenvalue weighted by Gasteiger charge is 2.19. The number of benzene rings is 1. The van der Waals surface area contributed by atoms with Gasteiger partial charge in [-0.05, 0) is 44.1 Å². The first-order valence-corrected chi connectivity index (χ1v) is 7.80. The summed E-state index contributed by atoms with van der Waals surface area (Å²) in [7, 11) is 2.19. The molecule has 1 saturated heterocycles. The van der Waals surface area contributed by atoms with Crippen LogP contribution >= 0.6 is 27.3 Å². The Balaban J connectivity index is 1.67. The van der Waals surface area contributed by atoms with Crippen molar-refractivity contribution in [2.24, 2.45) is 5.92 Å². The van der Waals surface area contributed by atoms with Gasteiger partial charge in [0.15, 0.2) is 5.13 Å². The number of fused-ring (bicyclic) bond motifs is 1. The molecule has 1 atom stereocenters. The van der Waals surface area contributed by atoms with E-state index in [0.717, 1.165) is 27.6 Å². The molecule has 1 aliphatic heterocycles. The van der Waals surface area contributed by atoms with Gasteiger partial charge in [0, 0.05) is 17.6 Å². The molecule has 96 valence electrons. The van der Waals surface area contributed by atoms with Gasteiger partial charge in [0.25, 0.3) is 0 Å². The second-order valence-corrected chi connectivity index (χ2v) is 6.88. The molecule has 1 N–H and O–H groups in total. The van der Waals surface area contributed by atoms with Gasteiger partial charge >= 0.3 is 0 Å². The fraction of sp³-hybridized carbons (Fsp3) is 0.462. The number of hydrogen-bond donors (Lipinski definition) is 1. The monoisotopic (exact) mass is 325 g/mol. The van der Waals surface area contributed by atoms with Crippen molar-refractivity contribution >= 4 is 42.6 Å². The van der Waals surface area contributed by atoms with Crippen molar-refractivity contribution in [1.29, 1.82) is 0 Å². The Morgan fingerprint density at radius 2 is 2.44 bits per heavy atom. The van der Waals surface area contributed by atoms with E-state index in [4.69, 9.17) is 0 Å². The predicted molar refractivity (Wildman–Crippen MR) is 81.4 cm³/mol. The fourth-order valence-electron chi connectivity index (χ4n) is 2.40. The lowest BCUT2D eigenvalue weighted by Crippen LogP contribution is -2.18. The van der Waals surface area contributed by atoms with Gasteiger partial charge in [0.05, 0.1) is 10.2 Å². The van der Waals surface area contributed by atoms with Crippen LogP contribution in [0.5, 0.6) is 0 Å². The van der Waals surface area contributed by atoms with Gasteiger partial charge < -0.3 is 10.2 Å². The minimum atomic E-state index is 0.758. The highest BCUT2D eigenvalue weighted by atomic mass is 79.9. The van der Waals surface area contributed by atoms with Crippen molar-refractivity contribution in [2.75, 3.05) is 32.0 Å². The summed E-state index contributed by atoms with van der Waals surface area (Å²) in [5.74, 6) is 0.758. The zero-order valence-corrected chi connectivity index (χ0v) is 12.7. The van der Waals surface area contributed by atoms with Crippen LogP contribution in [0.4, 0.5) is 5.13 Å². The highest BCUT2D eigenvalue weighted by molar-refractivity contribution is 9.10. The quantitative estimate of drug-likeness (QED) is 0.937. The number of aromatic nitrogens is 1. The first-order chi connectivity index (χ1) is 8.70. The van der Waals surface area contributed by atoms with Crippen LogP contribution in [-0.4, -0.2) is 36.6 Å². The molecule has 5 heteroatoms. The van der Waals surface area contributed by atoms with Gasteiger partial charge in [0.1, 0.15) is 0 Å². The van der Waals surface area contributed by atoms with Crippen LogP contribution in [0.3, 0.4) is 0 Å². The van der Waals surface area contributed by atoms with Crippen LogP contribution in [-0.2, 0) is 0 Å². The topological polar surface area (TPSA) is 28.2 Å². The Bertz CT molecular complexity index is 554. The molecule has 1 aliphatic rings. The molecule has 0 saturated carbocycles. The van der Waals surface area contributed by atoms with Crippen LogP contribution in [0.25, 0.3) is 10.2 Å². The van der Waals surface area contributed by atoms with E-state index >= 15 is 0 Å². The van der Waals surface area contributed by atoms with Crippen LogP contribution in [0.15, 0.2) is 22.7 Å². The molecule has 2 heterocycles. The molecule has 1 aromatic carbocycles. The lowest BCUT2D eigenvalue weighted by molar-refractivity contribution is 0.399. The van der Waals surface area contributed by atoms with Crippen molar-refractivity contribution in [2.45, 2.75) is 6.42 Å². The maximum Gasteiger partial charge on any atom is 0.183 e. The number of halogens is 1. The minimum absolute atomic E-state index is 0.758. The summed E-state index contributed by atoms with van der Waals surface area (Å²) in [5, 5.41) is 4.52. The Morgan fingerprint density at radius 1 is 1.56 bits per heavy atom. The summed E-state index contributed by atoms with van der Waals surface area (Å²) in [6.45, 7) is 3.45. The normalized spacial score (nSPS) is 20.7. The smallest absolute Gasteiger partial charge is 0.183 e. The number of nitrogens with one attached hydrogen (secondary N) is 1. The van der Waals surface area contributed by atoms with E-state index in [1.165, 1.54) is 24.2 Å². The van der Waals surface area contributed by atoms with Crippen LogP contribution in [0.2, 0.25) is 0 Å². The largest absolute Gasteiger partial charge is 0.361 e. The number of rotatable bonds is 3. The average Bonchev–Trinajstić information content (AvgIpc) is 2.92. The summed E-state index contributed by atoms with van der Waals surface area (Å²) in [4.78, 5) is 7.01. The zero-order chi connectivity index (χ0) is 12.5. The van der Waals surface area contributed by atoms with Crippen molar-refractivity contribution in [3.8, 4) is 0 Å². The second-order valence-electron chi connectivity index (χ2n) is 4.93. The molecule has 3 nitrogen and oxygen atoms in total. The second kappa shape index (κ2) is 5.15. The first kappa shape index (κ1) is 12.4. The Labute approximate surface area is 119 Å². The lowest BCUT2D eigenvalue weighted by atomic mass is 10.1. The van der Waals surface area contributed by atoms with Gasteiger partial charge in [0.2, 0.25) is 0 Å². The van der Waals surface area contributed by atoms with Crippen LogP contribution < -0.4 is 5.32 Å². The van der Waals surface area contributed by atoms with Crippen molar-refractivity contribution in [3.05, 3.63) is 22.7 Å². The summed E-state index contributed by atoms with van der Waals surface area (Å²) in [6.07, 6.45) is 1.29. The molecule has 0 bridgehead atoms. The third kappa shape index (κ3) is 2.68. The SMILES string of the molecule is CN1CCC(CNc2nc3cc(Br)ccc3s2)C1. The maximum absolute atomic E-state index is 4.62.